The number of anilines is 2. The fourth-order valence-electron chi connectivity index (χ4n) is 2.58. The maximum atomic E-state index is 12.4. The van der Waals surface area contributed by atoms with E-state index in [2.05, 4.69) is 10.6 Å². The topological polar surface area (TPSA) is 84.5 Å². The summed E-state index contributed by atoms with van der Waals surface area (Å²) in [6.45, 7) is 0.605. The second kappa shape index (κ2) is 5.65. The number of fused-ring (bicyclic) bond motifs is 1. The van der Waals surface area contributed by atoms with Crippen LogP contribution in [0.4, 0.5) is 11.4 Å². The zero-order valence-electron chi connectivity index (χ0n) is 11.5. The summed E-state index contributed by atoms with van der Waals surface area (Å²) in [5.41, 5.74) is 1.44. The molecule has 21 heavy (non-hydrogen) atoms. The largest absolute Gasteiger partial charge is 0.370 e. The van der Waals surface area contributed by atoms with Crippen molar-refractivity contribution in [3.8, 4) is 0 Å². The number of carbonyl (C=O) groups excluding carboxylic acids is 3. The highest BCUT2D eigenvalue weighted by atomic mass is 16.5. The average Bonchev–Trinajstić information content (AvgIpc) is 2.63. The molecule has 1 unspecified atom stereocenters. The van der Waals surface area contributed by atoms with Gasteiger partial charge >= 0.3 is 0 Å². The first-order valence-electron chi connectivity index (χ1n) is 7.03. The lowest BCUT2D eigenvalue weighted by molar-refractivity contribution is -0.123. The number of benzene rings is 1. The van der Waals surface area contributed by atoms with Gasteiger partial charge in [0.05, 0.1) is 11.4 Å². The van der Waals surface area contributed by atoms with Crippen LogP contribution in [0.5, 0.6) is 0 Å². The molecule has 6 heteroatoms. The minimum atomic E-state index is -0.409. The van der Waals surface area contributed by atoms with Crippen molar-refractivity contribution < 1.29 is 19.1 Å². The van der Waals surface area contributed by atoms with Crippen LogP contribution < -0.4 is 10.6 Å². The lowest BCUT2D eigenvalue weighted by Crippen LogP contribution is -2.28. The fourth-order valence-corrected chi connectivity index (χ4v) is 2.58. The van der Waals surface area contributed by atoms with E-state index in [9.17, 15) is 14.4 Å². The molecule has 2 heterocycles. The van der Waals surface area contributed by atoms with Crippen molar-refractivity contribution >= 4 is 29.0 Å². The highest BCUT2D eigenvalue weighted by Gasteiger charge is 2.25. The Hall–Kier alpha value is -2.21. The molecule has 0 bridgehead atoms. The van der Waals surface area contributed by atoms with Crippen LogP contribution in [-0.2, 0) is 14.3 Å². The number of hydrogen-bond donors (Lipinski definition) is 2. The molecule has 0 saturated carbocycles. The maximum absolute atomic E-state index is 12.4. The lowest BCUT2D eigenvalue weighted by Gasteiger charge is -2.21. The van der Waals surface area contributed by atoms with E-state index in [4.69, 9.17) is 4.74 Å². The summed E-state index contributed by atoms with van der Waals surface area (Å²) in [6, 6.07) is 4.88. The molecule has 1 aromatic rings. The molecule has 2 aliphatic heterocycles. The number of Topliss-reactive ketones (excluding diaryl/α,β-unsaturated/α-hetero) is 1. The van der Waals surface area contributed by atoms with Crippen molar-refractivity contribution in [1.29, 1.82) is 0 Å². The van der Waals surface area contributed by atoms with Crippen LogP contribution in [0.25, 0.3) is 0 Å². The summed E-state index contributed by atoms with van der Waals surface area (Å²) < 4.78 is 5.49. The third-order valence-electron chi connectivity index (χ3n) is 3.65. The van der Waals surface area contributed by atoms with Gasteiger partial charge in [0.25, 0.3) is 0 Å². The molecular formula is C15H16N2O4. The average molecular weight is 288 g/mol. The first kappa shape index (κ1) is 13.8. The monoisotopic (exact) mass is 288 g/mol. The molecule has 2 N–H and O–H groups in total. The van der Waals surface area contributed by atoms with Crippen molar-refractivity contribution in [3.05, 3.63) is 23.8 Å². The number of ketones is 1. The Bertz CT molecular complexity index is 606. The van der Waals surface area contributed by atoms with Gasteiger partial charge in [0.2, 0.25) is 11.8 Å². The van der Waals surface area contributed by atoms with E-state index in [1.54, 1.807) is 18.2 Å². The second-order valence-electron chi connectivity index (χ2n) is 5.25. The van der Waals surface area contributed by atoms with Gasteiger partial charge in [0.15, 0.2) is 5.78 Å². The highest BCUT2D eigenvalue weighted by molar-refractivity contribution is 6.14. The van der Waals surface area contributed by atoms with Crippen molar-refractivity contribution in [2.24, 2.45) is 0 Å². The van der Waals surface area contributed by atoms with Gasteiger partial charge in [-0.05, 0) is 37.5 Å². The molecule has 2 aliphatic rings. The lowest BCUT2D eigenvalue weighted by atomic mass is 9.99. The van der Waals surface area contributed by atoms with Crippen LogP contribution in [0.3, 0.4) is 0 Å². The van der Waals surface area contributed by atoms with E-state index in [0.717, 1.165) is 19.3 Å². The summed E-state index contributed by atoms with van der Waals surface area (Å²) in [5, 5.41) is 5.27. The molecule has 1 fully saturated rings. The van der Waals surface area contributed by atoms with Gasteiger partial charge in [-0.3, -0.25) is 14.4 Å². The van der Waals surface area contributed by atoms with Crippen LogP contribution in [0.15, 0.2) is 18.2 Å². The van der Waals surface area contributed by atoms with Crippen LogP contribution in [-0.4, -0.2) is 30.3 Å². The van der Waals surface area contributed by atoms with Crippen LogP contribution in [0, 0.1) is 0 Å². The van der Waals surface area contributed by atoms with Crippen molar-refractivity contribution in [2.45, 2.75) is 31.8 Å². The number of nitrogens with one attached hydrogen (secondary N) is 2. The Morgan fingerprint density at radius 2 is 1.86 bits per heavy atom. The molecule has 1 atom stereocenters. The summed E-state index contributed by atoms with van der Waals surface area (Å²) in [4.78, 5) is 35.4. The molecule has 110 valence electrons. The summed E-state index contributed by atoms with van der Waals surface area (Å²) in [7, 11) is 0. The summed E-state index contributed by atoms with van der Waals surface area (Å²) >= 11 is 0. The first-order valence-corrected chi connectivity index (χ1v) is 7.03. The van der Waals surface area contributed by atoms with Gasteiger partial charge < -0.3 is 15.4 Å². The first-order chi connectivity index (χ1) is 10.1. The minimum Gasteiger partial charge on any atom is -0.370 e. The van der Waals surface area contributed by atoms with Crippen molar-refractivity contribution in [2.75, 3.05) is 17.2 Å². The molecule has 3 rings (SSSR count). The Kier molecular flexibility index (Phi) is 3.70. The molecule has 0 radical (unpaired) electrons. The van der Waals surface area contributed by atoms with Gasteiger partial charge in [-0.25, -0.2) is 0 Å². The third-order valence-corrected chi connectivity index (χ3v) is 3.65. The number of hydrogen-bond acceptors (Lipinski definition) is 4. The Morgan fingerprint density at radius 3 is 2.57 bits per heavy atom. The van der Waals surface area contributed by atoms with Gasteiger partial charge in [-0.15, -0.1) is 0 Å². The van der Waals surface area contributed by atoms with Crippen molar-refractivity contribution in [3.63, 3.8) is 0 Å². The third kappa shape index (κ3) is 2.95. The van der Waals surface area contributed by atoms with Crippen LogP contribution in [0.2, 0.25) is 0 Å². The Balaban J connectivity index is 1.86. The quantitative estimate of drug-likeness (QED) is 0.641. The molecule has 0 spiro atoms. The van der Waals surface area contributed by atoms with Crippen molar-refractivity contribution in [1.82, 2.24) is 0 Å². The SMILES string of the molecule is O=C1CC(=O)Nc2cc(C(=O)C3CCCCO3)ccc2N1. The van der Waals surface area contributed by atoms with E-state index in [-0.39, 0.29) is 24.0 Å². The van der Waals surface area contributed by atoms with Gasteiger partial charge in [-0.2, -0.15) is 0 Å². The van der Waals surface area contributed by atoms with Crippen LogP contribution >= 0.6 is 0 Å². The van der Waals surface area contributed by atoms with Gasteiger partial charge in [0.1, 0.15) is 12.5 Å². The second-order valence-corrected chi connectivity index (χ2v) is 5.25. The standard InChI is InChI=1S/C15H16N2O4/c18-13-8-14(19)17-11-7-9(4-5-10(11)16-13)15(20)12-3-1-2-6-21-12/h4-5,7,12H,1-3,6,8H2,(H,16,18)(H,17,19). The smallest absolute Gasteiger partial charge is 0.233 e. The number of amides is 2. The number of rotatable bonds is 2. The Labute approximate surface area is 121 Å². The van der Waals surface area contributed by atoms with E-state index in [1.165, 1.54) is 0 Å². The van der Waals surface area contributed by atoms with E-state index < -0.39 is 6.10 Å². The fraction of sp³-hybridized carbons (Fsp3) is 0.400. The van der Waals surface area contributed by atoms with E-state index in [1.807, 2.05) is 0 Å². The zero-order valence-corrected chi connectivity index (χ0v) is 11.5. The number of carbonyl (C=O) groups is 3. The molecular weight excluding hydrogens is 272 g/mol. The molecule has 1 aromatic carbocycles. The van der Waals surface area contributed by atoms with Gasteiger partial charge in [-0.1, -0.05) is 0 Å². The predicted molar refractivity (Wildman–Crippen MR) is 76.2 cm³/mol. The van der Waals surface area contributed by atoms with Gasteiger partial charge in [0, 0.05) is 12.2 Å². The molecule has 2 amide bonds. The maximum Gasteiger partial charge on any atom is 0.233 e. The number of ether oxygens (including phenoxy) is 1. The summed E-state index contributed by atoms with van der Waals surface area (Å²) in [6.07, 6.45) is 2.06. The Morgan fingerprint density at radius 1 is 1.10 bits per heavy atom. The normalized spacial score (nSPS) is 21.8. The zero-order chi connectivity index (χ0) is 14.8. The predicted octanol–water partition coefficient (Wildman–Crippen LogP) is 1.72. The molecule has 0 aliphatic carbocycles. The minimum absolute atomic E-state index is 0.0812. The highest BCUT2D eigenvalue weighted by Crippen LogP contribution is 2.27. The molecule has 1 saturated heterocycles. The molecule has 6 nitrogen and oxygen atoms in total. The van der Waals surface area contributed by atoms with E-state index in [0.29, 0.717) is 23.5 Å². The van der Waals surface area contributed by atoms with Crippen LogP contribution in [0.1, 0.15) is 36.0 Å². The van der Waals surface area contributed by atoms with E-state index >= 15 is 0 Å². The molecule has 0 aromatic heterocycles. The summed E-state index contributed by atoms with van der Waals surface area (Å²) in [5.74, 6) is -0.826.